The number of piperazine rings is 1. The van der Waals surface area contributed by atoms with Gasteiger partial charge >= 0.3 is 0 Å². The van der Waals surface area contributed by atoms with Gasteiger partial charge in [0.25, 0.3) is 0 Å². The summed E-state index contributed by atoms with van der Waals surface area (Å²) in [5, 5.41) is 7.80. The van der Waals surface area contributed by atoms with Crippen LogP contribution in [-0.2, 0) is 9.59 Å². The Kier molecular flexibility index (Phi) is 4.90. The van der Waals surface area contributed by atoms with E-state index in [0.29, 0.717) is 19.4 Å². The van der Waals surface area contributed by atoms with E-state index in [1.807, 2.05) is 35.2 Å². The van der Waals surface area contributed by atoms with Crippen LogP contribution in [0.25, 0.3) is 10.8 Å². The number of fused-ring (bicyclic) bond motifs is 1. The fourth-order valence-corrected chi connectivity index (χ4v) is 3.65. The maximum atomic E-state index is 12.1. The number of ether oxygens (including phenoxy) is 1. The molecule has 7 nitrogen and oxygen atoms in total. The molecule has 1 aromatic heterocycles. The highest BCUT2D eigenvalue weighted by Gasteiger charge is 2.28. The van der Waals surface area contributed by atoms with Gasteiger partial charge < -0.3 is 14.6 Å². The highest BCUT2D eigenvalue weighted by molar-refractivity contribution is 6.00. The summed E-state index contributed by atoms with van der Waals surface area (Å²) < 4.78 is 7.93. The fraction of sp³-hybridized carbons (Fsp3) is 0.474. The molecule has 1 unspecified atom stereocenters. The number of piperidine rings is 1. The van der Waals surface area contributed by atoms with E-state index in [4.69, 9.17) is 4.74 Å². The Hall–Kier alpha value is -2.38. The Bertz CT molecular complexity index is 810. The number of carbonyl (C=O) groups excluding carboxylic acids is 2. The third kappa shape index (κ3) is 3.59. The topological polar surface area (TPSA) is 75.6 Å². The number of aromatic nitrogens is 1. The molecule has 26 heavy (non-hydrogen) atoms. The maximum Gasteiger partial charge on any atom is 0.249 e. The number of imide groups is 1. The zero-order valence-corrected chi connectivity index (χ0v) is 14.7. The van der Waals surface area contributed by atoms with Crippen molar-refractivity contribution >= 4 is 22.6 Å². The number of nitrogens with one attached hydrogen (secondary N) is 2. The van der Waals surface area contributed by atoms with Gasteiger partial charge in [-0.2, -0.15) is 0 Å². The van der Waals surface area contributed by atoms with Gasteiger partial charge in [-0.15, -0.1) is 0 Å². The van der Waals surface area contributed by atoms with Crippen LogP contribution < -0.4 is 15.4 Å². The van der Waals surface area contributed by atoms with Crippen LogP contribution in [-0.4, -0.2) is 60.6 Å². The molecule has 2 N–H and O–H groups in total. The van der Waals surface area contributed by atoms with E-state index >= 15 is 0 Å². The number of carbonyl (C=O) groups is 2. The fourth-order valence-electron chi connectivity index (χ4n) is 3.65. The molecule has 1 aromatic carbocycles. The second-order valence-corrected chi connectivity index (χ2v) is 6.87. The number of hydrogen-bond acceptors (Lipinski definition) is 5. The van der Waals surface area contributed by atoms with Crippen LogP contribution in [0.1, 0.15) is 18.9 Å². The number of benzene rings is 1. The number of amides is 2. The van der Waals surface area contributed by atoms with Crippen LogP contribution in [0.15, 0.2) is 30.6 Å². The van der Waals surface area contributed by atoms with Crippen LogP contribution in [0.3, 0.4) is 0 Å². The van der Waals surface area contributed by atoms with Gasteiger partial charge in [-0.1, -0.05) is 12.1 Å². The van der Waals surface area contributed by atoms with E-state index in [9.17, 15) is 9.59 Å². The predicted molar refractivity (Wildman–Crippen MR) is 98.2 cm³/mol. The molecule has 0 spiro atoms. The minimum atomic E-state index is -0.339. The normalized spacial score (nSPS) is 21.8. The zero-order chi connectivity index (χ0) is 17.9. The van der Waals surface area contributed by atoms with Crippen LogP contribution in [0.5, 0.6) is 5.75 Å². The molecule has 2 saturated heterocycles. The molecule has 138 valence electrons. The predicted octanol–water partition coefficient (Wildman–Crippen LogP) is 0.903. The van der Waals surface area contributed by atoms with E-state index in [2.05, 4.69) is 15.5 Å². The Balaban J connectivity index is 1.46. The lowest BCUT2D eigenvalue weighted by Gasteiger charge is -2.26. The van der Waals surface area contributed by atoms with E-state index in [0.717, 1.165) is 49.2 Å². The van der Waals surface area contributed by atoms with E-state index in [1.165, 1.54) is 0 Å². The first-order valence-electron chi connectivity index (χ1n) is 9.20. The van der Waals surface area contributed by atoms with Crippen molar-refractivity contribution in [2.75, 3.05) is 39.3 Å². The zero-order valence-electron chi connectivity index (χ0n) is 14.7. The van der Waals surface area contributed by atoms with Crippen molar-refractivity contribution in [2.45, 2.75) is 18.9 Å². The minimum Gasteiger partial charge on any atom is -0.492 e. The van der Waals surface area contributed by atoms with Gasteiger partial charge in [0.15, 0.2) is 0 Å². The van der Waals surface area contributed by atoms with Crippen molar-refractivity contribution in [1.82, 2.24) is 20.1 Å². The van der Waals surface area contributed by atoms with E-state index in [-0.39, 0.29) is 17.9 Å². The minimum absolute atomic E-state index is 0.195. The van der Waals surface area contributed by atoms with Gasteiger partial charge in [0.05, 0.1) is 0 Å². The first-order chi connectivity index (χ1) is 12.7. The molecule has 0 radical (unpaired) electrons. The third-order valence-electron chi connectivity index (χ3n) is 5.11. The summed E-state index contributed by atoms with van der Waals surface area (Å²) in [7, 11) is 0. The molecule has 0 saturated carbocycles. The van der Waals surface area contributed by atoms with Crippen molar-refractivity contribution in [1.29, 1.82) is 0 Å². The molecular formula is C19H24N4O3. The summed E-state index contributed by atoms with van der Waals surface area (Å²) in [4.78, 5) is 25.9. The largest absolute Gasteiger partial charge is 0.492 e. The molecule has 0 aliphatic carbocycles. The van der Waals surface area contributed by atoms with Crippen molar-refractivity contribution in [3.8, 4) is 5.75 Å². The third-order valence-corrected chi connectivity index (χ3v) is 5.11. The SMILES string of the molecule is O=C1CCC(n2cc3cccc(OCCN4CCNCC4)c3c2)C(=O)N1. The standard InChI is InChI=1S/C19H24N4O3/c24-18-5-4-16(19(25)21-18)23-12-14-2-1-3-17(15(14)13-23)26-11-10-22-8-6-20-7-9-22/h1-3,12-13,16,20H,4-11H2,(H,21,24,25). The Labute approximate surface area is 152 Å². The highest BCUT2D eigenvalue weighted by Crippen LogP contribution is 2.30. The molecular weight excluding hydrogens is 332 g/mol. The smallest absolute Gasteiger partial charge is 0.249 e. The summed E-state index contributed by atoms with van der Waals surface area (Å²) in [6, 6.07) is 5.61. The molecule has 4 rings (SSSR count). The van der Waals surface area contributed by atoms with Crippen molar-refractivity contribution < 1.29 is 14.3 Å². The maximum absolute atomic E-state index is 12.1. The summed E-state index contributed by atoms with van der Waals surface area (Å²) >= 11 is 0. The van der Waals surface area contributed by atoms with Gasteiger partial charge in [0.2, 0.25) is 11.8 Å². The van der Waals surface area contributed by atoms with Gasteiger partial charge in [0.1, 0.15) is 18.4 Å². The molecule has 3 heterocycles. The molecule has 2 amide bonds. The highest BCUT2D eigenvalue weighted by atomic mass is 16.5. The lowest BCUT2D eigenvalue weighted by Crippen LogP contribution is -2.44. The van der Waals surface area contributed by atoms with Gasteiger partial charge in [-0.05, 0) is 12.5 Å². The number of rotatable bonds is 5. The summed E-state index contributed by atoms with van der Waals surface area (Å²) in [5.74, 6) is 0.409. The number of nitrogens with zero attached hydrogens (tertiary/aromatic N) is 2. The van der Waals surface area contributed by atoms with Crippen molar-refractivity contribution in [2.24, 2.45) is 0 Å². The van der Waals surface area contributed by atoms with Crippen molar-refractivity contribution in [3.05, 3.63) is 30.6 Å². The second kappa shape index (κ2) is 7.47. The molecule has 7 heteroatoms. The lowest BCUT2D eigenvalue weighted by molar-refractivity contribution is -0.135. The first kappa shape index (κ1) is 17.1. The van der Waals surface area contributed by atoms with Crippen LogP contribution in [0.4, 0.5) is 0 Å². The summed E-state index contributed by atoms with van der Waals surface area (Å²) in [5.41, 5.74) is 0. The first-order valence-corrected chi connectivity index (χ1v) is 9.20. The monoisotopic (exact) mass is 356 g/mol. The average molecular weight is 356 g/mol. The Morgan fingerprint density at radius 1 is 1.15 bits per heavy atom. The number of hydrogen-bond donors (Lipinski definition) is 2. The molecule has 2 aliphatic rings. The molecule has 2 aromatic rings. The van der Waals surface area contributed by atoms with Gasteiger partial charge in [-0.3, -0.25) is 19.8 Å². The molecule has 2 fully saturated rings. The molecule has 1 atom stereocenters. The Morgan fingerprint density at radius 2 is 2.00 bits per heavy atom. The van der Waals surface area contributed by atoms with Crippen LogP contribution in [0.2, 0.25) is 0 Å². The average Bonchev–Trinajstić information content (AvgIpc) is 3.07. The summed E-state index contributed by atoms with van der Waals surface area (Å²) in [6.45, 7) is 5.72. The Morgan fingerprint density at radius 3 is 2.81 bits per heavy atom. The molecule has 0 bridgehead atoms. The van der Waals surface area contributed by atoms with E-state index in [1.54, 1.807) is 0 Å². The van der Waals surface area contributed by atoms with Crippen molar-refractivity contribution in [3.63, 3.8) is 0 Å². The quantitative estimate of drug-likeness (QED) is 0.779. The molecule has 2 aliphatic heterocycles. The lowest BCUT2D eigenvalue weighted by atomic mass is 10.1. The summed E-state index contributed by atoms with van der Waals surface area (Å²) in [6.07, 6.45) is 4.82. The van der Waals surface area contributed by atoms with Crippen LogP contribution >= 0.6 is 0 Å². The second-order valence-electron chi connectivity index (χ2n) is 6.87. The van der Waals surface area contributed by atoms with E-state index < -0.39 is 0 Å². The van der Waals surface area contributed by atoms with Crippen LogP contribution in [0, 0.1) is 0 Å². The van der Waals surface area contributed by atoms with Gasteiger partial charge in [-0.25, -0.2) is 0 Å². The van der Waals surface area contributed by atoms with Gasteiger partial charge in [0, 0.05) is 62.3 Å².